The number of nitrogens with zero attached hydrogens (tertiary/aromatic N) is 3. The smallest absolute Gasteiger partial charge is 0.255 e. The minimum atomic E-state index is 0.0713. The lowest BCUT2D eigenvalue weighted by Crippen LogP contribution is -2.36. The first-order valence-corrected chi connectivity index (χ1v) is 7.42. The summed E-state index contributed by atoms with van der Waals surface area (Å²) >= 11 is 3.45. The van der Waals surface area contributed by atoms with E-state index >= 15 is 0 Å². The van der Waals surface area contributed by atoms with Gasteiger partial charge >= 0.3 is 0 Å². The molecule has 0 atom stereocenters. The SMILES string of the molecule is Cc1nn(C)c2c1CCN(C(=O)c1ccccc1Br)C2. The summed E-state index contributed by atoms with van der Waals surface area (Å²) in [6.45, 7) is 3.41. The molecule has 0 N–H and O–H groups in total. The maximum atomic E-state index is 12.6. The highest BCUT2D eigenvalue weighted by molar-refractivity contribution is 9.10. The summed E-state index contributed by atoms with van der Waals surface area (Å²) in [5.74, 6) is 0.0713. The average Bonchev–Trinajstić information content (AvgIpc) is 2.73. The van der Waals surface area contributed by atoms with Gasteiger partial charge in [-0.05, 0) is 47.0 Å². The summed E-state index contributed by atoms with van der Waals surface area (Å²) in [5.41, 5.74) is 4.24. The quantitative estimate of drug-likeness (QED) is 0.804. The third-order valence-electron chi connectivity index (χ3n) is 3.84. The Morgan fingerprint density at radius 1 is 1.35 bits per heavy atom. The van der Waals surface area contributed by atoms with Gasteiger partial charge in [0.25, 0.3) is 5.91 Å². The molecule has 0 bridgehead atoms. The number of aromatic nitrogens is 2. The van der Waals surface area contributed by atoms with Gasteiger partial charge in [-0.2, -0.15) is 5.10 Å². The van der Waals surface area contributed by atoms with E-state index in [2.05, 4.69) is 21.0 Å². The number of aryl methyl sites for hydroxylation is 2. The zero-order valence-electron chi connectivity index (χ0n) is 11.6. The number of rotatable bonds is 1. The second-order valence-electron chi connectivity index (χ2n) is 5.09. The van der Waals surface area contributed by atoms with Gasteiger partial charge in [0.05, 0.1) is 23.5 Å². The summed E-state index contributed by atoms with van der Waals surface area (Å²) in [7, 11) is 1.94. The molecule has 1 aromatic heterocycles. The van der Waals surface area contributed by atoms with E-state index in [4.69, 9.17) is 0 Å². The molecule has 5 heteroatoms. The van der Waals surface area contributed by atoms with Crippen molar-refractivity contribution in [1.82, 2.24) is 14.7 Å². The van der Waals surface area contributed by atoms with E-state index in [1.165, 1.54) is 5.56 Å². The topological polar surface area (TPSA) is 38.1 Å². The van der Waals surface area contributed by atoms with Crippen LogP contribution in [0.4, 0.5) is 0 Å². The van der Waals surface area contributed by atoms with Crippen molar-refractivity contribution < 1.29 is 4.79 Å². The van der Waals surface area contributed by atoms with Gasteiger partial charge in [-0.3, -0.25) is 9.48 Å². The largest absolute Gasteiger partial charge is 0.332 e. The van der Waals surface area contributed by atoms with E-state index in [9.17, 15) is 4.79 Å². The number of benzene rings is 1. The molecule has 1 amide bonds. The van der Waals surface area contributed by atoms with Crippen LogP contribution in [0.5, 0.6) is 0 Å². The molecule has 0 radical (unpaired) electrons. The number of hydrogen-bond donors (Lipinski definition) is 0. The zero-order chi connectivity index (χ0) is 14.3. The second kappa shape index (κ2) is 5.05. The van der Waals surface area contributed by atoms with Crippen molar-refractivity contribution >= 4 is 21.8 Å². The van der Waals surface area contributed by atoms with Gasteiger partial charge in [-0.15, -0.1) is 0 Å². The Morgan fingerprint density at radius 3 is 2.85 bits per heavy atom. The summed E-state index contributed by atoms with van der Waals surface area (Å²) in [6.07, 6.45) is 0.880. The summed E-state index contributed by atoms with van der Waals surface area (Å²) in [6, 6.07) is 7.56. The van der Waals surface area contributed by atoms with Gasteiger partial charge in [0.2, 0.25) is 0 Å². The van der Waals surface area contributed by atoms with E-state index in [1.54, 1.807) is 0 Å². The van der Waals surface area contributed by atoms with Crippen LogP contribution in [-0.4, -0.2) is 27.1 Å². The van der Waals surface area contributed by atoms with Crippen molar-refractivity contribution in [2.45, 2.75) is 19.9 Å². The van der Waals surface area contributed by atoms with Gasteiger partial charge in [0.1, 0.15) is 0 Å². The number of halogens is 1. The van der Waals surface area contributed by atoms with Crippen LogP contribution in [-0.2, 0) is 20.0 Å². The summed E-state index contributed by atoms with van der Waals surface area (Å²) in [4.78, 5) is 14.5. The average molecular weight is 334 g/mol. The van der Waals surface area contributed by atoms with E-state index < -0.39 is 0 Å². The summed E-state index contributed by atoms with van der Waals surface area (Å²) in [5, 5.41) is 4.45. The molecule has 104 valence electrons. The Labute approximate surface area is 126 Å². The fraction of sp³-hybridized carbons (Fsp3) is 0.333. The van der Waals surface area contributed by atoms with Crippen LogP contribution >= 0.6 is 15.9 Å². The second-order valence-corrected chi connectivity index (χ2v) is 5.95. The van der Waals surface area contributed by atoms with Crippen LogP contribution in [0.1, 0.15) is 27.3 Å². The van der Waals surface area contributed by atoms with Gasteiger partial charge in [0.15, 0.2) is 0 Å². The first-order valence-electron chi connectivity index (χ1n) is 6.63. The van der Waals surface area contributed by atoms with E-state index in [-0.39, 0.29) is 5.91 Å². The fourth-order valence-electron chi connectivity index (χ4n) is 2.76. The molecule has 0 saturated heterocycles. The first kappa shape index (κ1) is 13.4. The van der Waals surface area contributed by atoms with E-state index in [0.717, 1.165) is 34.4 Å². The van der Waals surface area contributed by atoms with Crippen LogP contribution < -0.4 is 0 Å². The fourth-order valence-corrected chi connectivity index (χ4v) is 3.21. The van der Waals surface area contributed by atoms with Crippen LogP contribution in [0.15, 0.2) is 28.7 Å². The third-order valence-corrected chi connectivity index (χ3v) is 4.53. The minimum Gasteiger partial charge on any atom is -0.332 e. The molecule has 20 heavy (non-hydrogen) atoms. The first-order chi connectivity index (χ1) is 9.58. The van der Waals surface area contributed by atoms with Gasteiger partial charge < -0.3 is 4.90 Å². The molecule has 0 fully saturated rings. The molecule has 2 heterocycles. The minimum absolute atomic E-state index is 0.0713. The molecule has 1 aliphatic rings. The molecule has 4 nitrogen and oxygen atoms in total. The zero-order valence-corrected chi connectivity index (χ0v) is 13.1. The predicted octanol–water partition coefficient (Wildman–Crippen LogP) is 2.69. The Balaban J connectivity index is 1.89. The standard InChI is InChI=1S/C15H16BrN3O/c1-10-11-7-8-19(9-14(11)18(2)17-10)15(20)12-5-3-4-6-13(12)16/h3-6H,7-9H2,1-2H3. The predicted molar refractivity (Wildman–Crippen MR) is 80.5 cm³/mol. The van der Waals surface area contributed by atoms with E-state index in [0.29, 0.717) is 6.54 Å². The maximum Gasteiger partial charge on any atom is 0.255 e. The highest BCUT2D eigenvalue weighted by Gasteiger charge is 2.26. The Bertz CT molecular complexity index is 678. The van der Waals surface area contributed by atoms with Gasteiger partial charge in [-0.25, -0.2) is 0 Å². The van der Waals surface area contributed by atoms with Crippen molar-refractivity contribution in [3.63, 3.8) is 0 Å². The lowest BCUT2D eigenvalue weighted by Gasteiger charge is -2.28. The Hall–Kier alpha value is -1.62. The van der Waals surface area contributed by atoms with Gasteiger partial charge in [0, 0.05) is 18.1 Å². The van der Waals surface area contributed by atoms with Crippen molar-refractivity contribution in [2.24, 2.45) is 7.05 Å². The monoisotopic (exact) mass is 333 g/mol. The molecule has 2 aromatic rings. The number of fused-ring (bicyclic) bond motifs is 1. The normalized spacial score (nSPS) is 14.2. The Kier molecular flexibility index (Phi) is 3.38. The number of carbonyl (C=O) groups is 1. The molecule has 3 rings (SSSR count). The molecule has 1 aliphatic heterocycles. The molecule has 0 aliphatic carbocycles. The van der Waals surface area contributed by atoms with Crippen LogP contribution in [0.3, 0.4) is 0 Å². The van der Waals surface area contributed by atoms with Crippen molar-refractivity contribution in [3.05, 3.63) is 51.3 Å². The van der Waals surface area contributed by atoms with Crippen molar-refractivity contribution in [2.75, 3.05) is 6.54 Å². The highest BCUT2D eigenvalue weighted by atomic mass is 79.9. The highest BCUT2D eigenvalue weighted by Crippen LogP contribution is 2.24. The Morgan fingerprint density at radius 2 is 2.10 bits per heavy atom. The maximum absolute atomic E-state index is 12.6. The lowest BCUT2D eigenvalue weighted by atomic mass is 10.0. The molecular weight excluding hydrogens is 318 g/mol. The van der Waals surface area contributed by atoms with Crippen LogP contribution in [0.25, 0.3) is 0 Å². The number of hydrogen-bond acceptors (Lipinski definition) is 2. The van der Waals surface area contributed by atoms with E-state index in [1.807, 2.05) is 47.8 Å². The molecular formula is C15H16BrN3O. The van der Waals surface area contributed by atoms with Crippen LogP contribution in [0, 0.1) is 6.92 Å². The molecule has 0 unspecified atom stereocenters. The van der Waals surface area contributed by atoms with Crippen molar-refractivity contribution in [3.8, 4) is 0 Å². The number of amides is 1. The lowest BCUT2D eigenvalue weighted by molar-refractivity contribution is 0.0729. The van der Waals surface area contributed by atoms with Crippen LogP contribution in [0.2, 0.25) is 0 Å². The third kappa shape index (κ3) is 2.16. The molecule has 0 spiro atoms. The summed E-state index contributed by atoms with van der Waals surface area (Å²) < 4.78 is 2.74. The number of carbonyl (C=O) groups excluding carboxylic acids is 1. The molecule has 1 aromatic carbocycles. The molecule has 0 saturated carbocycles. The van der Waals surface area contributed by atoms with Gasteiger partial charge in [-0.1, -0.05) is 12.1 Å². The van der Waals surface area contributed by atoms with Crippen molar-refractivity contribution in [1.29, 1.82) is 0 Å².